The van der Waals surface area contributed by atoms with E-state index in [1.807, 2.05) is 0 Å². The fraction of sp³-hybridized carbons (Fsp3) is 0.222. The molecule has 136 valence electrons. The Kier molecular flexibility index (Phi) is 6.68. The zero-order valence-corrected chi connectivity index (χ0v) is 15.2. The van der Waals surface area contributed by atoms with Crippen molar-refractivity contribution < 1.29 is 14.4 Å². The fourth-order valence-corrected chi connectivity index (χ4v) is 2.34. The molecule has 0 unspecified atom stereocenters. The van der Waals surface area contributed by atoms with Gasteiger partial charge in [-0.2, -0.15) is 0 Å². The number of nitrogens with one attached hydrogen (secondary N) is 2. The molecule has 0 fully saturated rings. The molecule has 0 aliphatic rings. The van der Waals surface area contributed by atoms with Gasteiger partial charge < -0.3 is 15.5 Å². The van der Waals surface area contributed by atoms with Gasteiger partial charge >= 0.3 is 0 Å². The van der Waals surface area contributed by atoms with Gasteiger partial charge in [-0.1, -0.05) is 23.7 Å². The van der Waals surface area contributed by atoms with Crippen molar-refractivity contribution in [2.45, 2.75) is 6.54 Å². The van der Waals surface area contributed by atoms with Crippen LogP contribution in [0.25, 0.3) is 0 Å². The van der Waals surface area contributed by atoms with E-state index >= 15 is 0 Å². The van der Waals surface area contributed by atoms with Crippen LogP contribution in [0, 0.1) is 0 Å². The monoisotopic (exact) mass is 374 g/mol. The molecule has 1 aromatic carbocycles. The van der Waals surface area contributed by atoms with Gasteiger partial charge in [-0.15, -0.1) is 0 Å². The van der Waals surface area contributed by atoms with Crippen molar-refractivity contribution in [2.75, 3.05) is 20.6 Å². The van der Waals surface area contributed by atoms with Gasteiger partial charge in [-0.3, -0.25) is 19.4 Å². The van der Waals surface area contributed by atoms with E-state index in [0.29, 0.717) is 17.1 Å². The molecular weight excluding hydrogens is 356 g/mol. The molecule has 2 aromatic rings. The summed E-state index contributed by atoms with van der Waals surface area (Å²) in [5, 5.41) is 5.46. The number of halogens is 1. The molecule has 3 amide bonds. The summed E-state index contributed by atoms with van der Waals surface area (Å²) in [6.07, 6.45) is 1.42. The van der Waals surface area contributed by atoms with E-state index < -0.39 is 5.91 Å². The maximum Gasteiger partial charge on any atom is 0.270 e. The summed E-state index contributed by atoms with van der Waals surface area (Å²) < 4.78 is 0. The van der Waals surface area contributed by atoms with Crippen molar-refractivity contribution in [3.8, 4) is 0 Å². The highest BCUT2D eigenvalue weighted by molar-refractivity contribution is 6.30. The summed E-state index contributed by atoms with van der Waals surface area (Å²) >= 11 is 5.81. The smallest absolute Gasteiger partial charge is 0.270 e. The molecule has 0 radical (unpaired) electrons. The number of nitrogens with zero attached hydrogens (tertiary/aromatic N) is 2. The van der Waals surface area contributed by atoms with Crippen molar-refractivity contribution in [3.05, 3.63) is 64.4 Å². The van der Waals surface area contributed by atoms with Crippen LogP contribution >= 0.6 is 11.6 Å². The number of likely N-dealkylation sites (N-methyl/N-ethyl adjacent to an activating group) is 1. The molecule has 0 spiro atoms. The number of amides is 3. The standard InChI is InChI=1S/C18H19ClN4O3/c1-20-17(25)13-5-3-12(4-6-13)11-23(2)16(24)10-22-18(26)15-9-14(19)7-8-21-15/h3-9H,10-11H2,1-2H3,(H,20,25)(H,22,26). The lowest BCUT2D eigenvalue weighted by Gasteiger charge is -2.17. The lowest BCUT2D eigenvalue weighted by Crippen LogP contribution is -2.38. The second kappa shape index (κ2) is 8.96. The summed E-state index contributed by atoms with van der Waals surface area (Å²) in [5.74, 6) is -0.891. The highest BCUT2D eigenvalue weighted by atomic mass is 35.5. The molecule has 26 heavy (non-hydrogen) atoms. The van der Waals surface area contributed by atoms with Crippen LogP contribution in [0.3, 0.4) is 0 Å². The molecular formula is C18H19ClN4O3. The van der Waals surface area contributed by atoms with E-state index in [2.05, 4.69) is 15.6 Å². The van der Waals surface area contributed by atoms with Gasteiger partial charge in [0.05, 0.1) is 6.54 Å². The Labute approximate surface area is 156 Å². The Balaban J connectivity index is 1.87. The van der Waals surface area contributed by atoms with Crippen LogP contribution < -0.4 is 10.6 Å². The van der Waals surface area contributed by atoms with Crippen molar-refractivity contribution in [1.82, 2.24) is 20.5 Å². The molecule has 7 nitrogen and oxygen atoms in total. The molecule has 2 rings (SSSR count). The first-order chi connectivity index (χ1) is 12.4. The summed E-state index contributed by atoms with van der Waals surface area (Å²) in [6, 6.07) is 9.94. The predicted molar refractivity (Wildman–Crippen MR) is 97.9 cm³/mol. The predicted octanol–water partition coefficient (Wildman–Crippen LogP) is 1.48. The first-order valence-corrected chi connectivity index (χ1v) is 8.23. The molecule has 0 aliphatic heterocycles. The number of carbonyl (C=O) groups is 3. The summed E-state index contributed by atoms with van der Waals surface area (Å²) in [6.45, 7) is 0.206. The highest BCUT2D eigenvalue weighted by Crippen LogP contribution is 2.08. The minimum Gasteiger partial charge on any atom is -0.355 e. The second-order valence-corrected chi connectivity index (χ2v) is 6.00. The molecule has 0 saturated heterocycles. The number of rotatable bonds is 6. The SMILES string of the molecule is CNC(=O)c1ccc(CN(C)C(=O)CNC(=O)c2cc(Cl)ccn2)cc1. The van der Waals surface area contributed by atoms with Gasteiger partial charge in [0.2, 0.25) is 5.91 Å². The number of benzene rings is 1. The van der Waals surface area contributed by atoms with Gasteiger partial charge in [0.1, 0.15) is 5.69 Å². The fourth-order valence-electron chi connectivity index (χ4n) is 2.18. The van der Waals surface area contributed by atoms with E-state index in [1.165, 1.54) is 17.2 Å². The van der Waals surface area contributed by atoms with Crippen LogP contribution in [0.4, 0.5) is 0 Å². The maximum atomic E-state index is 12.2. The van der Waals surface area contributed by atoms with Crippen LogP contribution in [-0.2, 0) is 11.3 Å². The van der Waals surface area contributed by atoms with Gasteiger partial charge in [-0.05, 0) is 29.8 Å². The van der Waals surface area contributed by atoms with Crippen LogP contribution in [0.2, 0.25) is 5.02 Å². The minimum absolute atomic E-state index is 0.151. The summed E-state index contributed by atoms with van der Waals surface area (Å²) in [5.41, 5.74) is 1.57. The van der Waals surface area contributed by atoms with E-state index in [4.69, 9.17) is 11.6 Å². The first kappa shape index (κ1) is 19.4. The van der Waals surface area contributed by atoms with Crippen LogP contribution in [0.15, 0.2) is 42.6 Å². The van der Waals surface area contributed by atoms with Crippen LogP contribution in [0.5, 0.6) is 0 Å². The van der Waals surface area contributed by atoms with Gasteiger partial charge in [0.25, 0.3) is 11.8 Å². The first-order valence-electron chi connectivity index (χ1n) is 7.85. The molecule has 0 atom stereocenters. The van der Waals surface area contributed by atoms with E-state index in [-0.39, 0.29) is 24.1 Å². The third-order valence-corrected chi connectivity index (χ3v) is 3.88. The second-order valence-electron chi connectivity index (χ2n) is 5.57. The Morgan fingerprint density at radius 1 is 1.12 bits per heavy atom. The molecule has 8 heteroatoms. The lowest BCUT2D eigenvalue weighted by molar-refractivity contribution is -0.129. The number of aromatic nitrogens is 1. The third kappa shape index (κ3) is 5.29. The topological polar surface area (TPSA) is 91.4 Å². The van der Waals surface area contributed by atoms with E-state index in [9.17, 15) is 14.4 Å². The van der Waals surface area contributed by atoms with Crippen LogP contribution in [-0.4, -0.2) is 48.2 Å². The van der Waals surface area contributed by atoms with Crippen molar-refractivity contribution in [3.63, 3.8) is 0 Å². The average molecular weight is 375 g/mol. The molecule has 0 saturated carbocycles. The Bertz CT molecular complexity index is 808. The normalized spacial score (nSPS) is 10.1. The largest absolute Gasteiger partial charge is 0.355 e. The average Bonchev–Trinajstić information content (AvgIpc) is 2.65. The number of pyridine rings is 1. The van der Waals surface area contributed by atoms with Gasteiger partial charge in [-0.25, -0.2) is 0 Å². The van der Waals surface area contributed by atoms with Gasteiger partial charge in [0, 0.05) is 37.4 Å². The Hall–Kier alpha value is -2.93. The Morgan fingerprint density at radius 2 is 1.81 bits per heavy atom. The van der Waals surface area contributed by atoms with Gasteiger partial charge in [0.15, 0.2) is 0 Å². The van der Waals surface area contributed by atoms with E-state index in [0.717, 1.165) is 5.56 Å². The maximum absolute atomic E-state index is 12.2. The molecule has 1 heterocycles. The molecule has 2 N–H and O–H groups in total. The van der Waals surface area contributed by atoms with Crippen molar-refractivity contribution in [1.29, 1.82) is 0 Å². The highest BCUT2D eigenvalue weighted by Gasteiger charge is 2.13. The minimum atomic E-state index is -0.468. The molecule has 0 aliphatic carbocycles. The zero-order chi connectivity index (χ0) is 19.1. The lowest BCUT2D eigenvalue weighted by atomic mass is 10.1. The molecule has 0 bridgehead atoms. The van der Waals surface area contributed by atoms with E-state index in [1.54, 1.807) is 44.4 Å². The number of hydrogen-bond acceptors (Lipinski definition) is 4. The third-order valence-electron chi connectivity index (χ3n) is 3.64. The quantitative estimate of drug-likeness (QED) is 0.801. The van der Waals surface area contributed by atoms with Crippen molar-refractivity contribution >= 4 is 29.3 Å². The Morgan fingerprint density at radius 3 is 2.42 bits per heavy atom. The van der Waals surface area contributed by atoms with Crippen molar-refractivity contribution in [2.24, 2.45) is 0 Å². The molecule has 1 aromatic heterocycles. The number of carbonyl (C=O) groups excluding carboxylic acids is 3. The van der Waals surface area contributed by atoms with Crippen LogP contribution in [0.1, 0.15) is 26.4 Å². The zero-order valence-electron chi connectivity index (χ0n) is 14.5. The number of hydrogen-bond donors (Lipinski definition) is 2. The summed E-state index contributed by atoms with van der Waals surface area (Å²) in [7, 11) is 3.20. The summed E-state index contributed by atoms with van der Waals surface area (Å²) in [4.78, 5) is 41.0.